The normalized spacial score (nSPS) is 9.38. The molecule has 0 unspecified atom stereocenters. The van der Waals surface area contributed by atoms with Crippen LogP contribution in [0.5, 0.6) is 0 Å². The average molecular weight is 413 g/mol. The molecule has 0 amide bonds. The molecule has 0 N–H and O–H groups in total. The minimum Gasteiger partial charge on any atom is -0.147 e. The van der Waals surface area contributed by atoms with Gasteiger partial charge in [0.15, 0.2) is 0 Å². The van der Waals surface area contributed by atoms with E-state index in [4.69, 9.17) is 0 Å². The fourth-order valence-electron chi connectivity index (χ4n) is 3.19. The summed E-state index contributed by atoms with van der Waals surface area (Å²) in [7, 11) is 0. The van der Waals surface area contributed by atoms with Gasteiger partial charge in [-0.25, -0.2) is 0 Å². The first-order valence-corrected chi connectivity index (χ1v) is 9.96. The molecule has 0 spiro atoms. The topological polar surface area (TPSA) is 0 Å². The maximum Gasteiger partial charge on any atom is 2.00 e. The van der Waals surface area contributed by atoms with Crippen LogP contribution in [0.1, 0.15) is 0 Å². The molecule has 6 aromatic carbocycles. The van der Waals surface area contributed by atoms with Gasteiger partial charge in [0.25, 0.3) is 0 Å². The number of hydrogen-bond donors (Lipinski definition) is 0. The van der Waals surface area contributed by atoms with Crippen LogP contribution in [0.2, 0.25) is 0 Å². The molecule has 144 valence electrons. The van der Waals surface area contributed by atoms with Crippen molar-refractivity contribution in [2.45, 2.75) is 0 Å². The van der Waals surface area contributed by atoms with Crippen LogP contribution in [-0.4, -0.2) is 23.1 Å². The second-order valence-electron chi connectivity index (χ2n) is 6.77. The second kappa shape index (κ2) is 13.8. The van der Waals surface area contributed by atoms with Crippen molar-refractivity contribution in [3.8, 4) is 0 Å². The molecule has 0 bridgehead atoms. The Labute approximate surface area is 218 Å². The van der Waals surface area contributed by atoms with Crippen LogP contribution in [0.25, 0.3) is 32.3 Å². The van der Waals surface area contributed by atoms with E-state index in [1.54, 1.807) is 0 Å². The molecule has 2 heteroatoms. The summed E-state index contributed by atoms with van der Waals surface area (Å²) in [5.41, 5.74) is 0. The molecule has 0 heterocycles. The Hall–Kier alpha value is -2.54. The van der Waals surface area contributed by atoms with Crippen molar-refractivity contribution in [3.63, 3.8) is 0 Å². The Kier molecular flexibility index (Phi) is 11.1. The zero-order chi connectivity index (χ0) is 20.4. The first kappa shape index (κ1) is 25.7. The Bertz CT molecular complexity index is 995. The fourth-order valence-corrected chi connectivity index (χ4v) is 3.19. The minimum atomic E-state index is 0. The Balaban J connectivity index is 0.000000165. The predicted molar refractivity (Wildman–Crippen MR) is 134 cm³/mol. The summed E-state index contributed by atoms with van der Waals surface area (Å²) in [4.78, 5) is 0. The van der Waals surface area contributed by atoms with Gasteiger partial charge >= 0.3 is 41.9 Å². The Morgan fingerprint density at radius 2 is 0.594 bits per heavy atom. The minimum absolute atomic E-state index is 0. The molecule has 0 radical (unpaired) electrons. The first-order valence-electron chi connectivity index (χ1n) is 9.96. The van der Waals surface area contributed by atoms with Crippen molar-refractivity contribution in [3.05, 3.63) is 146 Å². The molecule has 0 nitrogen and oxygen atoms in total. The van der Waals surface area contributed by atoms with Gasteiger partial charge in [-0.15, -0.1) is 142 Å². The van der Waals surface area contributed by atoms with Gasteiger partial charge in [-0.05, 0) is 0 Å². The van der Waals surface area contributed by atoms with E-state index >= 15 is 0 Å². The number of benzene rings is 6. The monoisotopic (exact) mass is 412 g/mol. The molecule has 6 aromatic rings. The molecule has 0 aliphatic heterocycles. The largest absolute Gasteiger partial charge is 2.00 e. The van der Waals surface area contributed by atoms with Crippen molar-refractivity contribution in [2.24, 2.45) is 0 Å². The number of hydrogen-bond acceptors (Lipinski definition) is 0. The van der Waals surface area contributed by atoms with Crippen LogP contribution in [-0.2, 0) is 0 Å². The number of fused-ring (bicyclic) bond motifs is 3. The van der Waals surface area contributed by atoms with E-state index in [-0.39, 0.29) is 41.9 Å². The van der Waals surface area contributed by atoms with Crippen LogP contribution in [0, 0.1) is 18.2 Å². The maximum absolute atomic E-state index is 3.15. The summed E-state index contributed by atoms with van der Waals surface area (Å²) >= 11 is 0. The third-order valence-electron chi connectivity index (χ3n) is 4.71. The van der Waals surface area contributed by atoms with E-state index in [1.165, 1.54) is 32.3 Å². The summed E-state index contributed by atoms with van der Waals surface area (Å²) in [6.45, 7) is 0. The third kappa shape index (κ3) is 7.26. The zero-order valence-electron chi connectivity index (χ0n) is 18.3. The van der Waals surface area contributed by atoms with Gasteiger partial charge in [0.1, 0.15) is 0 Å². The standard InChI is InChI=1S/3C10H7.Li.Mg/c3*1-2-6-10-8-4-3-7-9(10)5-1;;/h3*1-7H;;/q3*-1;+1;+2. The van der Waals surface area contributed by atoms with Crippen molar-refractivity contribution >= 4 is 55.4 Å². The van der Waals surface area contributed by atoms with Crippen molar-refractivity contribution < 1.29 is 18.9 Å². The van der Waals surface area contributed by atoms with Crippen molar-refractivity contribution in [1.29, 1.82) is 0 Å². The molecule has 0 aromatic heterocycles. The van der Waals surface area contributed by atoms with Crippen LogP contribution in [0.3, 0.4) is 0 Å². The Morgan fingerprint density at radius 3 is 0.875 bits per heavy atom. The van der Waals surface area contributed by atoms with Gasteiger partial charge < -0.3 is 0 Å². The van der Waals surface area contributed by atoms with E-state index in [0.29, 0.717) is 0 Å². The SMILES string of the molecule is [Li+].[Mg+2].[c-]1cccc2ccccc12.[c-]1cccc2ccccc12.[c-]1cccc2ccccc12. The molecule has 0 fully saturated rings. The molecule has 32 heavy (non-hydrogen) atoms. The average Bonchev–Trinajstić information content (AvgIpc) is 2.85. The smallest absolute Gasteiger partial charge is 0.147 e. The van der Waals surface area contributed by atoms with E-state index in [9.17, 15) is 0 Å². The molecule has 0 saturated heterocycles. The van der Waals surface area contributed by atoms with Crippen LogP contribution < -0.4 is 18.9 Å². The van der Waals surface area contributed by atoms with E-state index in [0.717, 1.165) is 0 Å². The van der Waals surface area contributed by atoms with Gasteiger partial charge in [0.05, 0.1) is 0 Å². The van der Waals surface area contributed by atoms with Crippen molar-refractivity contribution in [2.75, 3.05) is 0 Å². The quantitative estimate of drug-likeness (QED) is 0.254. The summed E-state index contributed by atoms with van der Waals surface area (Å²) in [5, 5.41) is 7.32. The molecule has 6 rings (SSSR count). The number of rotatable bonds is 0. The van der Waals surface area contributed by atoms with Gasteiger partial charge in [0, 0.05) is 0 Å². The zero-order valence-corrected chi connectivity index (χ0v) is 19.7. The summed E-state index contributed by atoms with van der Waals surface area (Å²) in [6.07, 6.45) is 0. The molecular weight excluding hydrogens is 392 g/mol. The molecule has 0 saturated carbocycles. The van der Waals surface area contributed by atoms with Crippen LogP contribution >= 0.6 is 0 Å². The van der Waals surface area contributed by atoms with Gasteiger partial charge in [-0.2, -0.15) is 0 Å². The van der Waals surface area contributed by atoms with Crippen LogP contribution in [0.4, 0.5) is 0 Å². The summed E-state index contributed by atoms with van der Waals surface area (Å²) < 4.78 is 0. The van der Waals surface area contributed by atoms with Crippen LogP contribution in [0.15, 0.2) is 127 Å². The molecule has 0 aliphatic carbocycles. The third-order valence-corrected chi connectivity index (χ3v) is 4.71. The molecule has 0 aliphatic rings. The molecule has 0 atom stereocenters. The van der Waals surface area contributed by atoms with Gasteiger partial charge in [-0.3, -0.25) is 0 Å². The predicted octanol–water partition coefficient (Wildman–Crippen LogP) is 4.54. The fraction of sp³-hybridized carbons (Fsp3) is 0. The van der Waals surface area contributed by atoms with E-state index in [1.807, 2.05) is 72.8 Å². The van der Waals surface area contributed by atoms with E-state index < -0.39 is 0 Å². The summed E-state index contributed by atoms with van der Waals surface area (Å²) in [6, 6.07) is 52.2. The summed E-state index contributed by atoms with van der Waals surface area (Å²) in [5.74, 6) is 0. The maximum atomic E-state index is 3.15. The second-order valence-corrected chi connectivity index (χ2v) is 6.77. The van der Waals surface area contributed by atoms with Gasteiger partial charge in [0.2, 0.25) is 0 Å². The van der Waals surface area contributed by atoms with Gasteiger partial charge in [-0.1, -0.05) is 36.4 Å². The Morgan fingerprint density at radius 1 is 0.344 bits per heavy atom. The van der Waals surface area contributed by atoms with E-state index in [2.05, 4.69) is 72.8 Å². The van der Waals surface area contributed by atoms with Crippen molar-refractivity contribution in [1.82, 2.24) is 0 Å². The first-order chi connectivity index (χ1) is 14.9. The molecular formula is C30H21LiMg.